The van der Waals surface area contributed by atoms with Gasteiger partial charge in [-0.1, -0.05) is 49.8 Å². The molecule has 0 amide bonds. The molecule has 1 unspecified atom stereocenters. The first-order chi connectivity index (χ1) is 10.8. The Balaban J connectivity index is 2.22. The van der Waals surface area contributed by atoms with Crippen LogP contribution in [-0.4, -0.2) is 10.9 Å². The maximum absolute atomic E-state index is 10.1. The van der Waals surface area contributed by atoms with Gasteiger partial charge in [-0.3, -0.25) is 5.41 Å². The van der Waals surface area contributed by atoms with Crippen molar-refractivity contribution in [3.63, 3.8) is 0 Å². The maximum Gasteiger partial charge on any atom is 0.0934 e. The Morgan fingerprint density at radius 3 is 2.78 bits per heavy atom. The van der Waals surface area contributed by atoms with Crippen molar-refractivity contribution in [1.29, 1.82) is 5.41 Å². The van der Waals surface area contributed by atoms with Crippen LogP contribution < -0.4 is 5.73 Å². The van der Waals surface area contributed by atoms with Crippen molar-refractivity contribution in [2.24, 2.45) is 11.1 Å². The van der Waals surface area contributed by atoms with E-state index >= 15 is 0 Å². The number of allylic oxidation sites excluding steroid dienone is 3. The Bertz CT molecular complexity index is 641. The van der Waals surface area contributed by atoms with Crippen LogP contribution in [-0.2, 0) is 0 Å². The number of nitrogens with one attached hydrogen (secondary N) is 1. The highest BCUT2D eigenvalue weighted by Crippen LogP contribution is 2.40. The smallest absolute Gasteiger partial charge is 0.0934 e. The molecular weight excluding hydrogens is 284 g/mol. The number of hydrogen-bond donors (Lipinski definition) is 3. The second-order valence-corrected chi connectivity index (χ2v) is 7.18. The predicted octanol–water partition coefficient (Wildman–Crippen LogP) is 4.59. The standard InChI is InChI=1S/C20H28N2O/c1-14-6-5-11-20(2,3)17(14)10-9-15-7-4-8-16(12-15)18(23)13-19(21)22/h4,7-10,12,18,23H,5-6,11,13H2,1-3H3,(H3,21,22)/b10-9+. The Hall–Kier alpha value is -1.87. The van der Waals surface area contributed by atoms with E-state index in [0.29, 0.717) is 0 Å². The third-order valence-corrected chi connectivity index (χ3v) is 4.69. The fourth-order valence-electron chi connectivity index (χ4n) is 3.39. The van der Waals surface area contributed by atoms with E-state index in [4.69, 9.17) is 11.1 Å². The Labute approximate surface area is 139 Å². The third kappa shape index (κ3) is 4.55. The van der Waals surface area contributed by atoms with E-state index in [1.165, 1.54) is 30.4 Å². The topological polar surface area (TPSA) is 70.1 Å². The minimum absolute atomic E-state index is 0.00295. The summed E-state index contributed by atoms with van der Waals surface area (Å²) in [6.45, 7) is 6.85. The van der Waals surface area contributed by atoms with Gasteiger partial charge >= 0.3 is 0 Å². The molecule has 0 fully saturated rings. The molecule has 124 valence electrons. The van der Waals surface area contributed by atoms with Gasteiger partial charge in [0.1, 0.15) is 0 Å². The Kier molecular flexibility index (Phi) is 5.42. The molecule has 1 aromatic rings. The van der Waals surface area contributed by atoms with E-state index in [9.17, 15) is 5.11 Å². The number of hydrogen-bond acceptors (Lipinski definition) is 2. The third-order valence-electron chi connectivity index (χ3n) is 4.69. The van der Waals surface area contributed by atoms with Crippen molar-refractivity contribution in [2.45, 2.75) is 52.6 Å². The summed E-state index contributed by atoms with van der Waals surface area (Å²) in [5, 5.41) is 17.4. The lowest BCUT2D eigenvalue weighted by atomic mass is 9.72. The summed E-state index contributed by atoms with van der Waals surface area (Å²) in [5.41, 5.74) is 10.4. The van der Waals surface area contributed by atoms with E-state index in [1.54, 1.807) is 0 Å². The normalized spacial score (nSPS) is 19.1. The number of amidine groups is 1. The molecule has 1 aromatic carbocycles. The molecule has 3 heteroatoms. The second-order valence-electron chi connectivity index (χ2n) is 7.18. The Morgan fingerprint density at radius 2 is 2.13 bits per heavy atom. The summed E-state index contributed by atoms with van der Waals surface area (Å²) in [7, 11) is 0. The molecule has 0 saturated carbocycles. The molecule has 1 aliphatic rings. The summed E-state index contributed by atoms with van der Waals surface area (Å²) in [4.78, 5) is 0. The van der Waals surface area contributed by atoms with Gasteiger partial charge in [0.05, 0.1) is 11.9 Å². The van der Waals surface area contributed by atoms with Gasteiger partial charge in [0, 0.05) is 6.42 Å². The molecule has 1 atom stereocenters. The number of rotatable bonds is 5. The van der Waals surface area contributed by atoms with E-state index in [0.717, 1.165) is 11.1 Å². The van der Waals surface area contributed by atoms with Gasteiger partial charge in [-0.2, -0.15) is 0 Å². The molecule has 0 aliphatic heterocycles. The monoisotopic (exact) mass is 312 g/mol. The number of nitrogens with two attached hydrogens (primary N) is 1. The van der Waals surface area contributed by atoms with Crippen molar-refractivity contribution in [1.82, 2.24) is 0 Å². The molecule has 1 aliphatic carbocycles. The lowest BCUT2D eigenvalue weighted by Crippen LogP contribution is -2.18. The van der Waals surface area contributed by atoms with E-state index in [2.05, 4.69) is 32.9 Å². The molecule has 3 nitrogen and oxygen atoms in total. The number of aliphatic hydroxyl groups is 1. The van der Waals surface area contributed by atoms with Crippen LogP contribution in [0, 0.1) is 10.8 Å². The van der Waals surface area contributed by atoms with Gasteiger partial charge in [-0.25, -0.2) is 0 Å². The second kappa shape index (κ2) is 7.14. The van der Waals surface area contributed by atoms with Crippen molar-refractivity contribution < 1.29 is 5.11 Å². The molecule has 0 radical (unpaired) electrons. The van der Waals surface area contributed by atoms with Gasteiger partial charge in [0.2, 0.25) is 0 Å². The Morgan fingerprint density at radius 1 is 1.39 bits per heavy atom. The van der Waals surface area contributed by atoms with Gasteiger partial charge in [-0.15, -0.1) is 0 Å². The first-order valence-electron chi connectivity index (χ1n) is 8.29. The van der Waals surface area contributed by atoms with Crippen LogP contribution in [0.2, 0.25) is 0 Å². The first-order valence-corrected chi connectivity index (χ1v) is 8.29. The average molecular weight is 312 g/mol. The van der Waals surface area contributed by atoms with Gasteiger partial charge in [0.25, 0.3) is 0 Å². The van der Waals surface area contributed by atoms with Crippen LogP contribution in [0.4, 0.5) is 0 Å². The fourth-order valence-corrected chi connectivity index (χ4v) is 3.39. The van der Waals surface area contributed by atoms with Gasteiger partial charge < -0.3 is 10.8 Å². The molecule has 2 rings (SSSR count). The van der Waals surface area contributed by atoms with Crippen LogP contribution in [0.3, 0.4) is 0 Å². The number of aliphatic hydroxyl groups excluding tert-OH is 1. The molecule has 0 spiro atoms. The van der Waals surface area contributed by atoms with Crippen LogP contribution in [0.15, 0.2) is 41.5 Å². The quantitative estimate of drug-likeness (QED) is 0.550. The SMILES string of the molecule is CC1=C(/C=C/c2cccc(C(O)CC(=N)N)c2)C(C)(C)CCC1. The predicted molar refractivity (Wildman–Crippen MR) is 97.3 cm³/mol. The first kappa shape index (κ1) is 17.5. The summed E-state index contributed by atoms with van der Waals surface area (Å²) in [6.07, 6.45) is 7.48. The summed E-state index contributed by atoms with van der Waals surface area (Å²) in [5.74, 6) is 0.00295. The van der Waals surface area contributed by atoms with Crippen LogP contribution in [0.1, 0.15) is 63.7 Å². The lowest BCUT2D eigenvalue weighted by molar-refractivity contribution is 0.186. The van der Waals surface area contributed by atoms with Crippen molar-refractivity contribution in [3.8, 4) is 0 Å². The van der Waals surface area contributed by atoms with Gasteiger partial charge in [0.15, 0.2) is 0 Å². The van der Waals surface area contributed by atoms with Crippen molar-refractivity contribution in [2.75, 3.05) is 0 Å². The van der Waals surface area contributed by atoms with E-state index in [1.807, 2.05) is 24.3 Å². The minimum Gasteiger partial charge on any atom is -0.388 e. The molecule has 0 bridgehead atoms. The van der Waals surface area contributed by atoms with E-state index < -0.39 is 6.10 Å². The maximum atomic E-state index is 10.1. The summed E-state index contributed by atoms with van der Waals surface area (Å²) in [6, 6.07) is 7.81. The highest BCUT2D eigenvalue weighted by Gasteiger charge is 2.26. The molecule has 0 saturated heterocycles. The highest BCUT2D eigenvalue weighted by atomic mass is 16.3. The van der Waals surface area contributed by atoms with Crippen LogP contribution in [0.5, 0.6) is 0 Å². The van der Waals surface area contributed by atoms with Crippen molar-refractivity contribution >= 4 is 11.9 Å². The van der Waals surface area contributed by atoms with Crippen LogP contribution >= 0.6 is 0 Å². The molecule has 4 N–H and O–H groups in total. The number of benzene rings is 1. The fraction of sp³-hybridized carbons (Fsp3) is 0.450. The average Bonchev–Trinajstić information content (AvgIpc) is 2.45. The van der Waals surface area contributed by atoms with Crippen LogP contribution in [0.25, 0.3) is 6.08 Å². The zero-order valence-electron chi connectivity index (χ0n) is 14.4. The molecule has 0 heterocycles. The molecular formula is C20H28N2O. The molecule has 23 heavy (non-hydrogen) atoms. The van der Waals surface area contributed by atoms with Gasteiger partial charge in [-0.05, 0) is 54.4 Å². The lowest BCUT2D eigenvalue weighted by Gasteiger charge is -2.32. The zero-order chi connectivity index (χ0) is 17.0. The summed E-state index contributed by atoms with van der Waals surface area (Å²) < 4.78 is 0. The molecule has 0 aromatic heterocycles. The van der Waals surface area contributed by atoms with Crippen molar-refractivity contribution in [3.05, 3.63) is 52.6 Å². The summed E-state index contributed by atoms with van der Waals surface area (Å²) >= 11 is 0. The highest BCUT2D eigenvalue weighted by molar-refractivity contribution is 5.77. The zero-order valence-corrected chi connectivity index (χ0v) is 14.4. The largest absolute Gasteiger partial charge is 0.388 e. The van der Waals surface area contributed by atoms with E-state index in [-0.39, 0.29) is 17.7 Å². The minimum atomic E-state index is -0.715.